The predicted octanol–water partition coefficient (Wildman–Crippen LogP) is 7.62. The van der Waals surface area contributed by atoms with E-state index in [4.69, 9.17) is 0 Å². The van der Waals surface area contributed by atoms with E-state index < -0.39 is 0 Å². The van der Waals surface area contributed by atoms with Crippen LogP contribution in [0.5, 0.6) is 0 Å². The van der Waals surface area contributed by atoms with Gasteiger partial charge in [0.15, 0.2) is 6.20 Å². The molecule has 0 bridgehead atoms. The van der Waals surface area contributed by atoms with Gasteiger partial charge in [-0.25, -0.2) is 4.57 Å². The Morgan fingerprint density at radius 2 is 1.52 bits per heavy atom. The number of pyridine rings is 1. The fourth-order valence-electron chi connectivity index (χ4n) is 5.97. The molecule has 0 N–H and O–H groups in total. The summed E-state index contributed by atoms with van der Waals surface area (Å²) in [5, 5.41) is 0. The zero-order valence-electron chi connectivity index (χ0n) is 20.1. The molecule has 2 aromatic carbocycles. The molecule has 0 saturated heterocycles. The first-order chi connectivity index (χ1) is 15.5. The van der Waals surface area contributed by atoms with Crippen LogP contribution in [0, 0.1) is 18.8 Å². The van der Waals surface area contributed by atoms with E-state index in [0.29, 0.717) is 0 Å². The summed E-state index contributed by atoms with van der Waals surface area (Å²) in [5.74, 6) is 1.25. The molecule has 3 aromatic rings. The molecule has 2 saturated carbocycles. The summed E-state index contributed by atoms with van der Waals surface area (Å²) in [6.45, 7) is 2.17. The summed E-state index contributed by atoms with van der Waals surface area (Å²) in [6, 6.07) is 21.9. The molecule has 5 rings (SSSR count). The first-order valence-corrected chi connectivity index (χ1v) is 12.2. The van der Waals surface area contributed by atoms with Crippen molar-refractivity contribution in [2.24, 2.45) is 18.9 Å². The molecule has 2 atom stereocenters. The lowest BCUT2D eigenvalue weighted by molar-refractivity contribution is -0.659. The largest absolute Gasteiger partial charge is 0.212 e. The Morgan fingerprint density at radius 1 is 0.774 bits per heavy atom. The van der Waals surface area contributed by atoms with Crippen molar-refractivity contribution in [3.8, 4) is 22.4 Å². The summed E-state index contributed by atoms with van der Waals surface area (Å²) >= 11 is 0. The van der Waals surface area contributed by atoms with Crippen LogP contribution in [0.15, 0.2) is 66.9 Å². The lowest BCUT2D eigenvalue weighted by atomic mass is 9.78. The molecule has 31 heavy (non-hydrogen) atoms. The van der Waals surface area contributed by atoms with E-state index in [1.807, 2.05) is 0 Å². The average molecular weight is 412 g/mol. The molecule has 1 nitrogen and oxygen atoms in total. The Kier molecular flexibility index (Phi) is 5.59. The summed E-state index contributed by atoms with van der Waals surface area (Å²) in [5.41, 5.74) is 7.47. The van der Waals surface area contributed by atoms with Crippen LogP contribution in [-0.2, 0) is 7.05 Å². The van der Waals surface area contributed by atoms with E-state index in [1.165, 1.54) is 72.0 Å². The van der Waals surface area contributed by atoms with Crippen LogP contribution in [0.1, 0.15) is 69.8 Å². The minimum Gasteiger partial charge on any atom is -0.200 e. The second-order valence-electron chi connectivity index (χ2n) is 9.81. The summed E-state index contributed by atoms with van der Waals surface area (Å²) in [7, 11) is 2.13. The topological polar surface area (TPSA) is 3.88 Å². The number of aromatic nitrogens is 1. The quantitative estimate of drug-likeness (QED) is 0.389. The van der Waals surface area contributed by atoms with E-state index in [9.17, 15) is 1.37 Å². The minimum atomic E-state index is -0.389. The number of nitrogens with zero attached hydrogens (tertiary/aromatic N) is 1. The highest BCUT2D eigenvalue weighted by atomic mass is 14.9. The molecule has 2 aliphatic carbocycles. The van der Waals surface area contributed by atoms with Gasteiger partial charge < -0.3 is 0 Å². The van der Waals surface area contributed by atoms with Gasteiger partial charge in [0.25, 0.3) is 0 Å². The highest BCUT2D eigenvalue weighted by Gasteiger charge is 2.32. The van der Waals surface area contributed by atoms with Crippen LogP contribution < -0.4 is 4.57 Å². The Hall–Kier alpha value is -2.41. The van der Waals surface area contributed by atoms with Crippen LogP contribution in [-0.4, -0.2) is 0 Å². The van der Waals surface area contributed by atoms with Gasteiger partial charge in [0.1, 0.15) is 7.05 Å². The van der Waals surface area contributed by atoms with E-state index in [-0.39, 0.29) is 5.89 Å². The van der Waals surface area contributed by atoms with Crippen LogP contribution in [0.3, 0.4) is 0 Å². The Balaban J connectivity index is 1.34. The van der Waals surface area contributed by atoms with Crippen molar-refractivity contribution in [1.29, 1.82) is 0 Å². The average Bonchev–Trinajstić information content (AvgIpc) is 3.24. The maximum Gasteiger partial charge on any atom is 0.212 e. The van der Waals surface area contributed by atoms with Crippen LogP contribution >= 0.6 is 0 Å². The van der Waals surface area contributed by atoms with Crippen molar-refractivity contribution in [3.63, 3.8) is 0 Å². The van der Waals surface area contributed by atoms with Gasteiger partial charge >= 0.3 is 0 Å². The lowest BCUT2D eigenvalue weighted by Gasteiger charge is -2.27. The Morgan fingerprint density at radius 3 is 2.26 bits per heavy atom. The first-order valence-electron chi connectivity index (χ1n) is 12.7. The van der Waals surface area contributed by atoms with Crippen molar-refractivity contribution in [2.45, 2.75) is 64.2 Å². The van der Waals surface area contributed by atoms with E-state index >= 15 is 0 Å². The molecule has 2 aliphatic rings. The highest BCUT2D eigenvalue weighted by Crippen LogP contribution is 2.45. The SMILES string of the molecule is [2H]C1(c2ccc(-c3ccc(-c4ccccc4C)[n+](C)c3)cc2)CCC(C2CCCCC2)C1. The van der Waals surface area contributed by atoms with Crippen molar-refractivity contribution in [2.75, 3.05) is 0 Å². The monoisotopic (exact) mass is 411 g/mol. The van der Waals surface area contributed by atoms with Crippen molar-refractivity contribution < 1.29 is 5.94 Å². The standard InChI is InChI=1S/C30H36N/c1-22-8-6-7-11-29(22)30-19-18-28(21-31(30)2)25-14-12-24(13-15-25)27-17-16-26(20-27)23-9-4-3-5-10-23/h6-8,11-15,18-19,21,23,26-27H,3-5,9-10,16-17,20H2,1-2H3/q+1/i27D. The highest BCUT2D eigenvalue weighted by molar-refractivity contribution is 5.66. The number of hydrogen-bond donors (Lipinski definition) is 0. The smallest absolute Gasteiger partial charge is 0.200 e. The molecule has 0 radical (unpaired) electrons. The van der Waals surface area contributed by atoms with Gasteiger partial charge in [0, 0.05) is 18.6 Å². The molecular weight excluding hydrogens is 374 g/mol. The molecule has 0 spiro atoms. The fourth-order valence-corrected chi connectivity index (χ4v) is 5.97. The maximum absolute atomic E-state index is 9.22. The first kappa shape index (κ1) is 19.3. The third-order valence-corrected chi connectivity index (χ3v) is 7.82. The van der Waals surface area contributed by atoms with Crippen molar-refractivity contribution in [1.82, 2.24) is 0 Å². The van der Waals surface area contributed by atoms with Crippen LogP contribution in [0.25, 0.3) is 22.4 Å². The van der Waals surface area contributed by atoms with Gasteiger partial charge in [-0.05, 0) is 72.7 Å². The molecule has 2 fully saturated rings. The normalized spacial score (nSPS) is 24.8. The number of aryl methyl sites for hydroxylation is 2. The van der Waals surface area contributed by atoms with Crippen molar-refractivity contribution in [3.05, 3.63) is 78.0 Å². The molecule has 2 unspecified atom stereocenters. The van der Waals surface area contributed by atoms with Gasteiger partial charge in [0.05, 0.1) is 0 Å². The van der Waals surface area contributed by atoms with Crippen LogP contribution in [0.4, 0.5) is 0 Å². The second-order valence-corrected chi connectivity index (χ2v) is 9.81. The Bertz CT molecular complexity index is 1080. The summed E-state index contributed by atoms with van der Waals surface area (Å²) < 4.78 is 11.4. The maximum atomic E-state index is 9.22. The molecule has 0 aliphatic heterocycles. The number of rotatable bonds is 4. The van der Waals surface area contributed by atoms with Gasteiger partial charge in [-0.1, -0.05) is 74.6 Å². The molecule has 160 valence electrons. The molecule has 0 amide bonds. The van der Waals surface area contributed by atoms with E-state index in [0.717, 1.165) is 24.7 Å². The third-order valence-electron chi connectivity index (χ3n) is 7.82. The fraction of sp³-hybridized carbons (Fsp3) is 0.433. The molecule has 1 heterocycles. The van der Waals surface area contributed by atoms with Crippen molar-refractivity contribution >= 4 is 0 Å². The van der Waals surface area contributed by atoms with Gasteiger partial charge in [0.2, 0.25) is 5.69 Å². The van der Waals surface area contributed by atoms with E-state index in [2.05, 4.69) is 85.4 Å². The number of benzene rings is 2. The number of hydrogen-bond acceptors (Lipinski definition) is 0. The molecular formula is C30H36N+. The zero-order valence-corrected chi connectivity index (χ0v) is 19.1. The summed E-state index contributed by atoms with van der Waals surface area (Å²) in [6.07, 6.45) is 12.6. The molecule has 1 heteroatoms. The lowest BCUT2D eigenvalue weighted by Crippen LogP contribution is -2.30. The predicted molar refractivity (Wildman–Crippen MR) is 130 cm³/mol. The third kappa shape index (κ3) is 4.33. The summed E-state index contributed by atoms with van der Waals surface area (Å²) in [4.78, 5) is 0. The van der Waals surface area contributed by atoms with Gasteiger partial charge in [-0.15, -0.1) is 0 Å². The zero-order chi connectivity index (χ0) is 22.1. The molecule has 1 aromatic heterocycles. The second kappa shape index (κ2) is 8.99. The van der Waals surface area contributed by atoms with Gasteiger partial charge in [-0.3, -0.25) is 0 Å². The van der Waals surface area contributed by atoms with Crippen LogP contribution in [0.2, 0.25) is 0 Å². The van der Waals surface area contributed by atoms with Gasteiger partial charge in [-0.2, -0.15) is 0 Å². The minimum absolute atomic E-state index is 0.389. The Labute approximate surface area is 189 Å². The van der Waals surface area contributed by atoms with E-state index in [1.54, 1.807) is 0 Å².